The Morgan fingerprint density at radius 2 is 1.81 bits per heavy atom. The lowest BCUT2D eigenvalue weighted by atomic mass is 9.72. The highest BCUT2D eigenvalue weighted by Crippen LogP contribution is 2.53. The minimum Gasteiger partial charge on any atom is -0.360 e. The van der Waals surface area contributed by atoms with Gasteiger partial charge < -0.3 is 4.74 Å². The first-order valence-corrected chi connectivity index (χ1v) is 8.95. The van der Waals surface area contributed by atoms with Crippen molar-refractivity contribution < 1.29 is 14.3 Å². The lowest BCUT2D eigenvalue weighted by Gasteiger charge is -2.32. The monoisotopic (exact) mass is 360 g/mol. The summed E-state index contributed by atoms with van der Waals surface area (Å²) in [7, 11) is 0. The molecule has 2 amide bonds. The quantitative estimate of drug-likeness (QED) is 0.620. The Labute approximate surface area is 157 Å². The Balaban J connectivity index is 1.82. The molecule has 27 heavy (non-hydrogen) atoms. The second-order valence-electron chi connectivity index (χ2n) is 7.67. The molecule has 2 aromatic rings. The SMILES string of the molecule is C[C@H]1[C@@H](C(=O)N(C=O)c2ccc(C#N)c3ccccc23)C2(C)C=CC1(C)O2. The number of carbonyl (C=O) groups excluding carboxylic acids is 2. The van der Waals surface area contributed by atoms with Crippen molar-refractivity contribution in [3.63, 3.8) is 0 Å². The van der Waals surface area contributed by atoms with Crippen LogP contribution in [0.25, 0.3) is 10.8 Å². The third-order valence-electron chi connectivity index (χ3n) is 6.10. The maximum Gasteiger partial charge on any atom is 0.240 e. The maximum absolute atomic E-state index is 13.4. The van der Waals surface area contributed by atoms with E-state index in [2.05, 4.69) is 6.07 Å². The molecule has 2 bridgehead atoms. The molecule has 1 saturated heterocycles. The zero-order chi connectivity index (χ0) is 19.4. The van der Waals surface area contributed by atoms with Gasteiger partial charge >= 0.3 is 0 Å². The molecule has 2 unspecified atom stereocenters. The van der Waals surface area contributed by atoms with E-state index < -0.39 is 17.1 Å². The second-order valence-corrected chi connectivity index (χ2v) is 7.67. The van der Waals surface area contributed by atoms with Crippen LogP contribution in [0.2, 0.25) is 0 Å². The summed E-state index contributed by atoms with van der Waals surface area (Å²) in [6, 6.07) is 12.8. The normalized spacial score (nSPS) is 31.0. The summed E-state index contributed by atoms with van der Waals surface area (Å²) < 4.78 is 6.13. The Morgan fingerprint density at radius 1 is 1.15 bits per heavy atom. The number of carbonyl (C=O) groups is 2. The van der Waals surface area contributed by atoms with Gasteiger partial charge in [-0.05, 0) is 26.0 Å². The maximum atomic E-state index is 13.4. The van der Waals surface area contributed by atoms with Gasteiger partial charge in [0.2, 0.25) is 12.3 Å². The van der Waals surface area contributed by atoms with Gasteiger partial charge in [0.1, 0.15) is 0 Å². The fourth-order valence-corrected chi connectivity index (χ4v) is 4.54. The number of hydrogen-bond donors (Lipinski definition) is 0. The molecule has 0 radical (unpaired) electrons. The van der Waals surface area contributed by atoms with E-state index in [4.69, 9.17) is 4.74 Å². The number of imide groups is 1. The summed E-state index contributed by atoms with van der Waals surface area (Å²) in [6.07, 6.45) is 4.49. The van der Waals surface area contributed by atoms with Crippen LogP contribution in [0.15, 0.2) is 48.6 Å². The summed E-state index contributed by atoms with van der Waals surface area (Å²) in [5.74, 6) is -0.817. The van der Waals surface area contributed by atoms with Crippen molar-refractivity contribution in [2.45, 2.75) is 32.0 Å². The van der Waals surface area contributed by atoms with Crippen LogP contribution in [0, 0.1) is 23.2 Å². The molecule has 0 spiro atoms. The number of fused-ring (bicyclic) bond motifs is 3. The summed E-state index contributed by atoms with van der Waals surface area (Å²) >= 11 is 0. The predicted molar refractivity (Wildman–Crippen MR) is 102 cm³/mol. The first kappa shape index (κ1) is 17.4. The number of benzene rings is 2. The zero-order valence-electron chi connectivity index (χ0n) is 15.5. The van der Waals surface area contributed by atoms with Crippen LogP contribution in [0.4, 0.5) is 5.69 Å². The fraction of sp³-hybridized carbons (Fsp3) is 0.318. The molecule has 5 heteroatoms. The number of nitrogens with zero attached hydrogens (tertiary/aromatic N) is 2. The van der Waals surface area contributed by atoms with Gasteiger partial charge in [-0.2, -0.15) is 5.26 Å². The lowest BCUT2D eigenvalue weighted by molar-refractivity contribution is -0.128. The molecule has 2 aliphatic rings. The molecule has 136 valence electrons. The van der Waals surface area contributed by atoms with E-state index >= 15 is 0 Å². The van der Waals surface area contributed by atoms with Crippen molar-refractivity contribution in [1.29, 1.82) is 5.26 Å². The van der Waals surface area contributed by atoms with Crippen LogP contribution in [-0.4, -0.2) is 23.5 Å². The van der Waals surface area contributed by atoms with Gasteiger partial charge in [0.05, 0.1) is 34.4 Å². The van der Waals surface area contributed by atoms with Gasteiger partial charge in [0, 0.05) is 16.7 Å². The lowest BCUT2D eigenvalue weighted by Crippen LogP contribution is -2.46. The van der Waals surface area contributed by atoms with Crippen LogP contribution < -0.4 is 4.90 Å². The highest BCUT2D eigenvalue weighted by molar-refractivity contribution is 6.14. The molecule has 0 saturated carbocycles. The van der Waals surface area contributed by atoms with Gasteiger partial charge in [0.25, 0.3) is 0 Å². The first-order valence-electron chi connectivity index (χ1n) is 8.95. The number of rotatable bonds is 3. The minimum absolute atomic E-state index is 0.0629. The number of amides is 2. The second kappa shape index (κ2) is 5.77. The highest BCUT2D eigenvalue weighted by Gasteiger charge is 2.61. The third-order valence-corrected chi connectivity index (χ3v) is 6.10. The van der Waals surface area contributed by atoms with Crippen LogP contribution in [0.3, 0.4) is 0 Å². The van der Waals surface area contributed by atoms with Crippen molar-refractivity contribution >= 4 is 28.8 Å². The van der Waals surface area contributed by atoms with Crippen molar-refractivity contribution in [2.75, 3.05) is 4.90 Å². The van der Waals surface area contributed by atoms with Gasteiger partial charge in [-0.25, -0.2) is 0 Å². The van der Waals surface area contributed by atoms with Gasteiger partial charge in [-0.3, -0.25) is 14.5 Å². The molecule has 1 fully saturated rings. The summed E-state index contributed by atoms with van der Waals surface area (Å²) in [4.78, 5) is 26.6. The minimum atomic E-state index is -0.727. The number of nitriles is 1. The van der Waals surface area contributed by atoms with Gasteiger partial charge in [-0.15, -0.1) is 0 Å². The Hall–Kier alpha value is -2.97. The van der Waals surface area contributed by atoms with E-state index in [1.54, 1.807) is 12.1 Å². The number of hydrogen-bond acceptors (Lipinski definition) is 4. The van der Waals surface area contributed by atoms with E-state index in [0.29, 0.717) is 28.4 Å². The molecule has 4 atom stereocenters. The number of ether oxygens (including phenoxy) is 1. The topological polar surface area (TPSA) is 70.4 Å². The van der Waals surface area contributed by atoms with Crippen LogP contribution >= 0.6 is 0 Å². The van der Waals surface area contributed by atoms with E-state index in [1.807, 2.05) is 57.2 Å². The zero-order valence-corrected chi connectivity index (χ0v) is 15.5. The Kier molecular flexibility index (Phi) is 3.72. The molecule has 0 N–H and O–H groups in total. The van der Waals surface area contributed by atoms with Crippen LogP contribution in [-0.2, 0) is 14.3 Å². The smallest absolute Gasteiger partial charge is 0.240 e. The van der Waals surface area contributed by atoms with Crippen molar-refractivity contribution in [3.8, 4) is 6.07 Å². The standard InChI is InChI=1S/C22H20N2O3/c1-14-19(22(3)11-10-21(14,2)27-22)20(26)24(13-25)18-9-8-15(12-23)16-6-4-5-7-17(16)18/h4-11,13-14,19H,1-3H3/t14-,19-,21?,22?/m0/s1. The Bertz CT molecular complexity index is 1040. The average molecular weight is 360 g/mol. The third kappa shape index (κ3) is 2.34. The van der Waals surface area contributed by atoms with Crippen molar-refractivity contribution in [2.24, 2.45) is 11.8 Å². The highest BCUT2D eigenvalue weighted by atomic mass is 16.5. The Morgan fingerprint density at radius 3 is 2.41 bits per heavy atom. The summed E-state index contributed by atoms with van der Waals surface area (Å²) in [6.45, 7) is 5.84. The fourth-order valence-electron chi connectivity index (χ4n) is 4.54. The molecule has 0 aliphatic carbocycles. The molecule has 5 nitrogen and oxygen atoms in total. The molecule has 2 aromatic carbocycles. The summed E-state index contributed by atoms with van der Waals surface area (Å²) in [5.41, 5.74) is -0.241. The van der Waals surface area contributed by atoms with Crippen LogP contribution in [0.1, 0.15) is 26.3 Å². The molecule has 0 aromatic heterocycles. The van der Waals surface area contributed by atoms with Gasteiger partial charge in [-0.1, -0.05) is 43.3 Å². The molecule has 4 rings (SSSR count). The molecular weight excluding hydrogens is 340 g/mol. The van der Waals surface area contributed by atoms with Crippen LogP contribution in [0.5, 0.6) is 0 Å². The van der Waals surface area contributed by atoms with Gasteiger partial charge in [0.15, 0.2) is 0 Å². The average Bonchev–Trinajstić information content (AvgIpc) is 3.08. The van der Waals surface area contributed by atoms with Crippen molar-refractivity contribution in [1.82, 2.24) is 0 Å². The van der Waals surface area contributed by atoms with Crippen molar-refractivity contribution in [3.05, 3.63) is 54.1 Å². The van der Waals surface area contributed by atoms with E-state index in [1.165, 1.54) is 0 Å². The van der Waals surface area contributed by atoms with E-state index in [9.17, 15) is 14.9 Å². The number of anilines is 1. The predicted octanol–water partition coefficient (Wildman–Crippen LogP) is 3.57. The van der Waals surface area contributed by atoms with E-state index in [0.717, 1.165) is 4.90 Å². The first-order chi connectivity index (χ1) is 12.8. The molecule has 2 aliphatic heterocycles. The summed E-state index contributed by atoms with van der Waals surface area (Å²) in [5, 5.41) is 10.8. The largest absolute Gasteiger partial charge is 0.360 e. The molecule has 2 heterocycles. The van der Waals surface area contributed by atoms with E-state index in [-0.39, 0.29) is 11.8 Å². The molecular formula is C22H20N2O3.